The van der Waals surface area contributed by atoms with Crippen molar-refractivity contribution in [3.8, 4) is 22.3 Å². The fourth-order valence-corrected chi connectivity index (χ4v) is 6.81. The lowest BCUT2D eigenvalue weighted by molar-refractivity contribution is 0.0526. The molecular weight excluding hydrogens is 573 g/mol. The molecule has 43 heavy (non-hydrogen) atoms. The highest BCUT2D eigenvalue weighted by molar-refractivity contribution is 7.89. The molecular formula is C31H36FN5O5S. The van der Waals surface area contributed by atoms with Crippen LogP contribution in [0.3, 0.4) is 0 Å². The van der Waals surface area contributed by atoms with Gasteiger partial charge in [0.05, 0.1) is 4.90 Å². The number of rotatable bonds is 9. The summed E-state index contributed by atoms with van der Waals surface area (Å²) in [6.45, 7) is 6.25. The van der Waals surface area contributed by atoms with E-state index in [-0.39, 0.29) is 41.3 Å². The first-order chi connectivity index (χ1) is 20.3. The molecule has 2 amide bonds. The predicted molar refractivity (Wildman–Crippen MR) is 161 cm³/mol. The first kappa shape index (κ1) is 30.4. The number of nitrogen functional groups attached to an aromatic ring is 1. The Balaban J connectivity index is 1.33. The van der Waals surface area contributed by atoms with Gasteiger partial charge in [-0.25, -0.2) is 22.6 Å². The van der Waals surface area contributed by atoms with Crippen LogP contribution in [0.1, 0.15) is 56.0 Å². The molecule has 1 saturated carbocycles. The van der Waals surface area contributed by atoms with Gasteiger partial charge < -0.3 is 21.1 Å². The van der Waals surface area contributed by atoms with Gasteiger partial charge in [0.2, 0.25) is 10.0 Å². The van der Waals surface area contributed by atoms with Crippen LogP contribution in [0.4, 0.5) is 15.0 Å². The summed E-state index contributed by atoms with van der Waals surface area (Å²) in [5, 5.41) is 5.46. The number of nitrogens with zero attached hydrogens (tertiary/aromatic N) is 2. The highest BCUT2D eigenvalue weighted by Crippen LogP contribution is 2.35. The summed E-state index contributed by atoms with van der Waals surface area (Å²) in [6, 6.07) is 10.8. The number of benzene rings is 2. The van der Waals surface area contributed by atoms with Gasteiger partial charge >= 0.3 is 6.09 Å². The predicted octanol–water partition coefficient (Wildman–Crippen LogP) is 4.49. The number of fused-ring (bicyclic) bond motifs is 1. The van der Waals surface area contributed by atoms with E-state index in [1.54, 1.807) is 39.0 Å². The zero-order chi connectivity index (χ0) is 30.9. The molecule has 4 N–H and O–H groups in total. The van der Waals surface area contributed by atoms with E-state index in [1.807, 2.05) is 6.07 Å². The number of aromatic nitrogens is 1. The molecule has 2 heterocycles. The number of alkyl carbamates (subject to hydrolysis) is 1. The molecule has 1 aromatic heterocycles. The monoisotopic (exact) mass is 609 g/mol. The van der Waals surface area contributed by atoms with Gasteiger partial charge in [0.15, 0.2) is 0 Å². The summed E-state index contributed by atoms with van der Waals surface area (Å²) in [7, 11) is -3.98. The lowest BCUT2D eigenvalue weighted by Gasteiger charge is -2.23. The van der Waals surface area contributed by atoms with Crippen LogP contribution in [0.5, 0.6) is 0 Å². The van der Waals surface area contributed by atoms with Crippen molar-refractivity contribution in [1.82, 2.24) is 19.9 Å². The molecule has 10 nitrogen and oxygen atoms in total. The van der Waals surface area contributed by atoms with Crippen LogP contribution in [-0.4, -0.2) is 61.0 Å². The fraction of sp³-hybridized carbons (Fsp3) is 0.387. The van der Waals surface area contributed by atoms with Crippen molar-refractivity contribution >= 4 is 27.8 Å². The minimum atomic E-state index is -3.98. The number of nitrogens with two attached hydrogens (primary N) is 1. The number of sulfonamides is 1. The molecule has 1 fully saturated rings. The van der Waals surface area contributed by atoms with E-state index in [4.69, 9.17) is 10.5 Å². The number of carbonyl (C=O) groups is 2. The number of anilines is 1. The average Bonchev–Trinajstić information content (AvgIpc) is 3.77. The number of carbonyl (C=O) groups excluding carboxylic acids is 2. The fourth-order valence-electron chi connectivity index (χ4n) is 5.08. The molecule has 0 atom stereocenters. The third kappa shape index (κ3) is 6.97. The Morgan fingerprint density at radius 1 is 1.12 bits per heavy atom. The van der Waals surface area contributed by atoms with Crippen molar-refractivity contribution < 1.29 is 27.1 Å². The number of nitrogens with one attached hydrogen (secondary N) is 2. The molecule has 0 bridgehead atoms. The second-order valence-electron chi connectivity index (χ2n) is 11.8. The number of halogens is 1. The number of ether oxygens (including phenoxy) is 1. The smallest absolute Gasteiger partial charge is 0.407 e. The van der Waals surface area contributed by atoms with Gasteiger partial charge in [-0.3, -0.25) is 4.79 Å². The Morgan fingerprint density at radius 2 is 1.86 bits per heavy atom. The highest BCUT2D eigenvalue weighted by atomic mass is 32.2. The Morgan fingerprint density at radius 3 is 2.56 bits per heavy atom. The zero-order valence-corrected chi connectivity index (χ0v) is 25.3. The summed E-state index contributed by atoms with van der Waals surface area (Å²) in [4.78, 5) is 28.2. The number of pyridine rings is 1. The molecule has 2 aliphatic rings. The second kappa shape index (κ2) is 11.9. The molecule has 1 aliphatic heterocycles. The van der Waals surface area contributed by atoms with Crippen molar-refractivity contribution in [3.63, 3.8) is 0 Å². The van der Waals surface area contributed by atoms with Crippen LogP contribution < -0.4 is 16.4 Å². The number of amides is 2. The Hall–Kier alpha value is -4.03. The van der Waals surface area contributed by atoms with Crippen molar-refractivity contribution in [3.05, 3.63) is 65.6 Å². The highest BCUT2D eigenvalue weighted by Gasteiger charge is 2.38. The Kier molecular flexibility index (Phi) is 8.44. The molecule has 1 aliphatic carbocycles. The van der Waals surface area contributed by atoms with Crippen LogP contribution in [0, 0.1) is 5.82 Å². The summed E-state index contributed by atoms with van der Waals surface area (Å²) < 4.78 is 49.2. The summed E-state index contributed by atoms with van der Waals surface area (Å²) in [5.74, 6) is -0.574. The van der Waals surface area contributed by atoms with E-state index in [2.05, 4.69) is 15.6 Å². The third-order valence-electron chi connectivity index (χ3n) is 7.30. The third-order valence-corrected chi connectivity index (χ3v) is 9.24. The topological polar surface area (TPSA) is 144 Å². The molecule has 0 radical (unpaired) electrons. The second-order valence-corrected chi connectivity index (χ2v) is 13.7. The molecule has 5 rings (SSSR count). The van der Waals surface area contributed by atoms with Crippen LogP contribution in [0.15, 0.2) is 53.6 Å². The molecule has 0 spiro atoms. The van der Waals surface area contributed by atoms with E-state index in [9.17, 15) is 18.0 Å². The zero-order valence-electron chi connectivity index (χ0n) is 24.4. The van der Waals surface area contributed by atoms with Crippen LogP contribution in [-0.2, 0) is 21.2 Å². The van der Waals surface area contributed by atoms with Gasteiger partial charge in [0, 0.05) is 54.1 Å². The average molecular weight is 610 g/mol. The Bertz CT molecular complexity index is 1670. The van der Waals surface area contributed by atoms with Gasteiger partial charge in [-0.15, -0.1) is 0 Å². The van der Waals surface area contributed by atoms with E-state index >= 15 is 4.39 Å². The van der Waals surface area contributed by atoms with Crippen molar-refractivity contribution in [2.75, 3.05) is 25.4 Å². The SMILES string of the molecule is CC(C)(C)OC(=O)NCCCN(C1CC1)S(=O)(=O)c1ccc(-c2cnc(N)c(-c3ccc4c(c3)CCNC4=O)c2)c(F)c1. The molecule has 12 heteroatoms. The molecule has 0 saturated heterocycles. The standard InChI is InChI=1S/C31H36FN5O5S/c1-31(2,3)42-30(39)35-12-4-14-37(22-6-7-22)43(40,41)23-8-10-24(27(32)17-23)21-16-26(28(33)36-18-21)19-5-9-25-20(15-19)11-13-34-29(25)38/h5,8-10,15-18,22H,4,6-7,11-14H2,1-3H3,(H2,33,36)(H,34,38)(H,35,39). The summed E-state index contributed by atoms with van der Waals surface area (Å²) >= 11 is 0. The molecule has 0 unspecified atom stereocenters. The van der Waals surface area contributed by atoms with Crippen molar-refractivity contribution in [2.45, 2.75) is 63.0 Å². The maximum absolute atomic E-state index is 15.5. The number of hydrogen-bond acceptors (Lipinski definition) is 7. The van der Waals surface area contributed by atoms with Gasteiger partial charge in [-0.1, -0.05) is 18.2 Å². The first-order valence-corrected chi connectivity index (χ1v) is 15.7. The maximum Gasteiger partial charge on any atom is 0.407 e. The van der Waals surface area contributed by atoms with Gasteiger partial charge in [0.25, 0.3) is 5.91 Å². The molecule has 3 aromatic rings. The van der Waals surface area contributed by atoms with Crippen LogP contribution >= 0.6 is 0 Å². The van der Waals surface area contributed by atoms with Crippen molar-refractivity contribution in [1.29, 1.82) is 0 Å². The normalized spacial score (nSPS) is 15.1. The van der Waals surface area contributed by atoms with Gasteiger partial charge in [-0.05, 0) is 81.8 Å². The number of hydrogen-bond donors (Lipinski definition) is 3. The van der Waals surface area contributed by atoms with E-state index < -0.39 is 27.5 Å². The van der Waals surface area contributed by atoms with E-state index in [1.165, 1.54) is 22.6 Å². The molecule has 2 aromatic carbocycles. The van der Waals surface area contributed by atoms with Crippen LogP contribution in [0.25, 0.3) is 22.3 Å². The first-order valence-electron chi connectivity index (χ1n) is 14.3. The Labute approximate surface area is 250 Å². The lowest BCUT2D eigenvalue weighted by atomic mass is 9.94. The van der Waals surface area contributed by atoms with Crippen molar-refractivity contribution in [2.24, 2.45) is 0 Å². The lowest BCUT2D eigenvalue weighted by Crippen LogP contribution is -2.37. The summed E-state index contributed by atoms with van der Waals surface area (Å²) in [6.07, 6.45) is 3.41. The van der Waals surface area contributed by atoms with Crippen LogP contribution in [0.2, 0.25) is 0 Å². The minimum Gasteiger partial charge on any atom is -0.444 e. The quantitative estimate of drug-likeness (QED) is 0.303. The molecule has 228 valence electrons. The largest absolute Gasteiger partial charge is 0.444 e. The van der Waals surface area contributed by atoms with Gasteiger partial charge in [0.1, 0.15) is 17.2 Å². The summed E-state index contributed by atoms with van der Waals surface area (Å²) in [5.41, 5.74) is 9.02. The maximum atomic E-state index is 15.5. The minimum absolute atomic E-state index is 0.123. The van der Waals surface area contributed by atoms with E-state index in [0.29, 0.717) is 36.1 Å². The van der Waals surface area contributed by atoms with Gasteiger partial charge in [-0.2, -0.15) is 4.31 Å². The van der Waals surface area contributed by atoms with E-state index in [0.717, 1.165) is 30.0 Å².